The van der Waals surface area contributed by atoms with Gasteiger partial charge in [0.05, 0.1) is 18.7 Å². The molecule has 0 radical (unpaired) electrons. The number of nitrogens with one attached hydrogen (secondary N) is 4. The van der Waals surface area contributed by atoms with E-state index in [0.29, 0.717) is 0 Å². The van der Waals surface area contributed by atoms with Gasteiger partial charge in [-0.2, -0.15) is 0 Å². The maximum absolute atomic E-state index is 12.6. The van der Waals surface area contributed by atoms with Gasteiger partial charge in [-0.15, -0.1) is 0 Å². The summed E-state index contributed by atoms with van der Waals surface area (Å²) in [6.45, 7) is 4.07. The second-order valence-electron chi connectivity index (χ2n) is 8.24. The lowest BCUT2D eigenvalue weighted by atomic mass is 10.0. The zero-order valence-electron chi connectivity index (χ0n) is 18.8. The Hall–Kier alpha value is -3.44. The number of fused-ring (bicyclic) bond motifs is 1. The minimum Gasteiger partial charge on any atom is -0.480 e. The SMILES string of the molecule is CC(C)C(NC(=O)CNC(=O)C(NC(=O)C(N)Cc1c[nH]c2ccccc12)C(C)O)C(=O)O. The predicted molar refractivity (Wildman–Crippen MR) is 121 cm³/mol. The molecule has 2 aromatic rings. The van der Waals surface area contributed by atoms with Crippen LogP contribution in [0, 0.1) is 5.92 Å². The van der Waals surface area contributed by atoms with Crippen LogP contribution < -0.4 is 21.7 Å². The van der Waals surface area contributed by atoms with Gasteiger partial charge >= 0.3 is 5.97 Å². The van der Waals surface area contributed by atoms with Gasteiger partial charge in [0.25, 0.3) is 0 Å². The van der Waals surface area contributed by atoms with Crippen molar-refractivity contribution in [3.05, 3.63) is 36.0 Å². The van der Waals surface area contributed by atoms with E-state index in [1.165, 1.54) is 6.92 Å². The first-order valence-electron chi connectivity index (χ1n) is 10.6. The molecule has 1 aromatic carbocycles. The Morgan fingerprint density at radius 2 is 1.70 bits per heavy atom. The Morgan fingerprint density at radius 3 is 2.30 bits per heavy atom. The summed E-state index contributed by atoms with van der Waals surface area (Å²) >= 11 is 0. The third kappa shape index (κ3) is 7.02. The number of carbonyl (C=O) groups is 4. The molecule has 8 N–H and O–H groups in total. The number of hydrogen-bond donors (Lipinski definition) is 7. The van der Waals surface area contributed by atoms with E-state index in [4.69, 9.17) is 10.8 Å². The number of rotatable bonds is 11. The van der Waals surface area contributed by atoms with E-state index in [1.54, 1.807) is 20.0 Å². The number of para-hydroxylation sites is 1. The molecule has 0 saturated heterocycles. The summed E-state index contributed by atoms with van der Waals surface area (Å²) in [5.74, 6) is -3.70. The Kier molecular flexibility index (Phi) is 8.94. The van der Waals surface area contributed by atoms with Crippen LogP contribution in [0.1, 0.15) is 26.3 Å². The molecular weight excluding hydrogens is 430 g/mol. The molecule has 0 saturated carbocycles. The van der Waals surface area contributed by atoms with Crippen LogP contribution in [-0.4, -0.2) is 69.7 Å². The van der Waals surface area contributed by atoms with Crippen LogP contribution in [0.3, 0.4) is 0 Å². The van der Waals surface area contributed by atoms with Gasteiger partial charge in [-0.05, 0) is 30.9 Å². The largest absolute Gasteiger partial charge is 0.480 e. The van der Waals surface area contributed by atoms with Crippen molar-refractivity contribution in [1.82, 2.24) is 20.9 Å². The minimum atomic E-state index is -1.35. The topological polar surface area (TPSA) is 187 Å². The molecule has 0 aliphatic carbocycles. The van der Waals surface area contributed by atoms with E-state index in [2.05, 4.69) is 20.9 Å². The Bertz CT molecular complexity index is 1000. The van der Waals surface area contributed by atoms with Crippen molar-refractivity contribution in [2.45, 2.75) is 51.4 Å². The first-order valence-corrected chi connectivity index (χ1v) is 10.6. The van der Waals surface area contributed by atoms with E-state index >= 15 is 0 Å². The zero-order chi connectivity index (χ0) is 24.7. The molecule has 33 heavy (non-hydrogen) atoms. The highest BCUT2D eigenvalue weighted by Gasteiger charge is 2.29. The number of aliphatic hydroxyl groups is 1. The van der Waals surface area contributed by atoms with Crippen molar-refractivity contribution in [2.24, 2.45) is 11.7 Å². The Balaban J connectivity index is 1.94. The number of carboxylic acid groups (broad SMARTS) is 1. The number of aromatic nitrogens is 1. The van der Waals surface area contributed by atoms with Crippen LogP contribution in [-0.2, 0) is 25.6 Å². The number of aromatic amines is 1. The predicted octanol–water partition coefficient (Wildman–Crippen LogP) is -0.755. The van der Waals surface area contributed by atoms with Gasteiger partial charge in [0, 0.05) is 17.1 Å². The average Bonchev–Trinajstić information content (AvgIpc) is 3.16. The van der Waals surface area contributed by atoms with Crippen LogP contribution >= 0.6 is 0 Å². The molecule has 0 aliphatic rings. The van der Waals surface area contributed by atoms with Gasteiger partial charge in [0.1, 0.15) is 12.1 Å². The van der Waals surface area contributed by atoms with E-state index in [9.17, 15) is 24.3 Å². The third-order valence-electron chi connectivity index (χ3n) is 5.19. The number of amides is 3. The van der Waals surface area contributed by atoms with Crippen LogP contribution in [0.15, 0.2) is 30.5 Å². The summed E-state index contributed by atoms with van der Waals surface area (Å²) < 4.78 is 0. The summed E-state index contributed by atoms with van der Waals surface area (Å²) in [6.07, 6.45) is 0.703. The lowest BCUT2D eigenvalue weighted by molar-refractivity contribution is -0.143. The fraction of sp³-hybridized carbons (Fsp3) is 0.455. The molecule has 0 bridgehead atoms. The number of carbonyl (C=O) groups excluding carboxylic acids is 3. The summed E-state index contributed by atoms with van der Waals surface area (Å²) in [4.78, 5) is 51.3. The van der Waals surface area contributed by atoms with Crippen molar-refractivity contribution < 1.29 is 29.4 Å². The van der Waals surface area contributed by atoms with Crippen molar-refractivity contribution in [3.63, 3.8) is 0 Å². The fourth-order valence-corrected chi connectivity index (χ4v) is 3.31. The lowest BCUT2D eigenvalue weighted by Crippen LogP contribution is -2.57. The van der Waals surface area contributed by atoms with Crippen LogP contribution in [0.4, 0.5) is 0 Å². The number of hydrogen-bond acceptors (Lipinski definition) is 6. The summed E-state index contributed by atoms with van der Waals surface area (Å²) in [5, 5.41) is 27.1. The molecule has 1 aromatic heterocycles. The van der Waals surface area contributed by atoms with E-state index in [-0.39, 0.29) is 12.3 Å². The zero-order valence-corrected chi connectivity index (χ0v) is 18.8. The van der Waals surface area contributed by atoms with Crippen molar-refractivity contribution in [3.8, 4) is 0 Å². The average molecular weight is 462 g/mol. The molecule has 4 atom stereocenters. The highest BCUT2D eigenvalue weighted by Crippen LogP contribution is 2.18. The standard InChI is InChI=1S/C22H31N5O6/c1-11(2)18(22(32)33)26-17(29)10-25-21(31)19(12(3)28)27-20(30)15(23)8-13-9-24-16-7-5-4-6-14(13)16/h4-7,9,11-12,15,18-19,24,28H,8,10,23H2,1-3H3,(H,25,31)(H,26,29)(H,27,30)(H,32,33). The number of H-pyrrole nitrogens is 1. The molecule has 2 rings (SSSR count). The first-order chi connectivity index (χ1) is 15.5. The summed E-state index contributed by atoms with van der Waals surface area (Å²) in [5.41, 5.74) is 7.76. The van der Waals surface area contributed by atoms with Crippen LogP contribution in [0.2, 0.25) is 0 Å². The molecule has 11 heteroatoms. The molecule has 0 fully saturated rings. The Labute approximate surface area is 191 Å². The summed E-state index contributed by atoms with van der Waals surface area (Å²) in [6, 6.07) is 4.11. The smallest absolute Gasteiger partial charge is 0.326 e. The molecule has 0 aliphatic heterocycles. The minimum absolute atomic E-state index is 0.207. The maximum atomic E-state index is 12.6. The van der Waals surface area contributed by atoms with Gasteiger partial charge < -0.3 is 36.9 Å². The summed E-state index contributed by atoms with van der Waals surface area (Å²) in [7, 11) is 0. The Morgan fingerprint density at radius 1 is 1.03 bits per heavy atom. The van der Waals surface area contributed by atoms with Crippen LogP contribution in [0.25, 0.3) is 10.9 Å². The van der Waals surface area contributed by atoms with Gasteiger partial charge in [-0.3, -0.25) is 14.4 Å². The monoisotopic (exact) mass is 461 g/mol. The maximum Gasteiger partial charge on any atom is 0.326 e. The highest BCUT2D eigenvalue weighted by molar-refractivity contribution is 5.93. The number of aliphatic hydroxyl groups excluding tert-OH is 1. The van der Waals surface area contributed by atoms with Gasteiger partial charge in [0.2, 0.25) is 17.7 Å². The van der Waals surface area contributed by atoms with Crippen molar-refractivity contribution >= 4 is 34.6 Å². The van der Waals surface area contributed by atoms with Gasteiger partial charge in [-0.25, -0.2) is 4.79 Å². The van der Waals surface area contributed by atoms with Crippen molar-refractivity contribution in [2.75, 3.05) is 6.54 Å². The van der Waals surface area contributed by atoms with Crippen LogP contribution in [0.5, 0.6) is 0 Å². The molecule has 1 heterocycles. The van der Waals surface area contributed by atoms with E-state index in [0.717, 1.165) is 16.5 Å². The normalized spacial score (nSPS) is 14.8. The molecule has 4 unspecified atom stereocenters. The first kappa shape index (κ1) is 25.8. The van der Waals surface area contributed by atoms with Gasteiger partial charge in [-0.1, -0.05) is 32.0 Å². The lowest BCUT2D eigenvalue weighted by Gasteiger charge is -2.23. The highest BCUT2D eigenvalue weighted by atomic mass is 16.4. The third-order valence-corrected chi connectivity index (χ3v) is 5.19. The molecular formula is C22H31N5O6. The fourth-order valence-electron chi connectivity index (χ4n) is 3.31. The number of aliphatic carboxylic acids is 1. The second kappa shape index (κ2) is 11.4. The molecule has 11 nitrogen and oxygen atoms in total. The second-order valence-corrected chi connectivity index (χ2v) is 8.24. The molecule has 180 valence electrons. The quantitative estimate of drug-likeness (QED) is 0.229. The number of benzene rings is 1. The molecule has 0 spiro atoms. The number of nitrogens with two attached hydrogens (primary N) is 1. The van der Waals surface area contributed by atoms with Gasteiger partial charge in [0.15, 0.2) is 0 Å². The van der Waals surface area contributed by atoms with Crippen molar-refractivity contribution in [1.29, 1.82) is 0 Å². The molecule has 3 amide bonds. The van der Waals surface area contributed by atoms with E-state index in [1.807, 2.05) is 24.3 Å². The number of carboxylic acids is 1. The van der Waals surface area contributed by atoms with E-state index < -0.39 is 54.5 Å².